The Bertz CT molecular complexity index is 1780. The van der Waals surface area contributed by atoms with Gasteiger partial charge in [0.05, 0.1) is 23.7 Å². The number of hydrogen-bond donors (Lipinski definition) is 0. The predicted octanol–water partition coefficient (Wildman–Crippen LogP) is 7.24. The number of hydrogen-bond acceptors (Lipinski definition) is 8. The fraction of sp³-hybridized carbons (Fsp3) is 0.207. The van der Waals surface area contributed by atoms with E-state index in [0.29, 0.717) is 23.5 Å². The van der Waals surface area contributed by atoms with Crippen molar-refractivity contribution in [1.82, 2.24) is 14.8 Å². The van der Waals surface area contributed by atoms with Crippen molar-refractivity contribution in [1.29, 1.82) is 0 Å². The Morgan fingerprint density at radius 2 is 1.72 bits per heavy atom. The number of thioether (sulfide) groups is 1. The molecule has 0 aliphatic carbocycles. The number of halogens is 7. The fourth-order valence-corrected chi connectivity index (χ4v) is 5.15. The van der Waals surface area contributed by atoms with Gasteiger partial charge in [0.2, 0.25) is 5.91 Å². The van der Waals surface area contributed by atoms with Crippen molar-refractivity contribution in [2.75, 3.05) is 23.9 Å². The minimum absolute atomic E-state index is 0.0778. The number of alkyl halides is 6. The molecule has 1 saturated heterocycles. The SMILES string of the molecule is O=C(N=C1SCC(=O)N1c1cc(Cl)ccc1OCC(F)(F)F)OCCc1ccc(-c2ncn(-c3ccc(OC(F)(F)F)cc3)n2)cc1. The molecule has 246 valence electrons. The molecule has 1 fully saturated rings. The van der Waals surface area contributed by atoms with Gasteiger partial charge < -0.3 is 14.2 Å². The molecule has 0 atom stereocenters. The maximum Gasteiger partial charge on any atom is 0.573 e. The van der Waals surface area contributed by atoms with Gasteiger partial charge in [0, 0.05) is 17.0 Å². The molecule has 2 amide bonds. The van der Waals surface area contributed by atoms with Crippen molar-refractivity contribution >= 4 is 46.2 Å². The first-order valence-corrected chi connectivity index (χ1v) is 14.7. The van der Waals surface area contributed by atoms with E-state index in [0.717, 1.165) is 34.4 Å². The normalized spacial score (nSPS) is 14.5. The number of amidine groups is 1. The highest BCUT2D eigenvalue weighted by Gasteiger charge is 2.35. The third-order valence-corrected chi connectivity index (χ3v) is 7.32. The van der Waals surface area contributed by atoms with Gasteiger partial charge in [-0.1, -0.05) is 47.6 Å². The molecule has 0 unspecified atom stereocenters. The Morgan fingerprint density at radius 3 is 2.40 bits per heavy atom. The molecule has 3 aromatic carbocycles. The summed E-state index contributed by atoms with van der Waals surface area (Å²) in [5.41, 5.74) is 1.80. The molecule has 18 heteroatoms. The van der Waals surface area contributed by atoms with E-state index in [1.54, 1.807) is 24.3 Å². The molecule has 4 aromatic rings. The van der Waals surface area contributed by atoms with Crippen molar-refractivity contribution in [2.45, 2.75) is 19.0 Å². The van der Waals surface area contributed by atoms with E-state index in [1.165, 1.54) is 41.3 Å². The van der Waals surface area contributed by atoms with Crippen molar-refractivity contribution in [3.63, 3.8) is 0 Å². The number of aliphatic imine (C=N–C) groups is 1. The summed E-state index contributed by atoms with van der Waals surface area (Å²) in [5.74, 6) is -0.959. The molecule has 10 nitrogen and oxygen atoms in total. The van der Waals surface area contributed by atoms with Crippen LogP contribution in [-0.4, -0.2) is 63.4 Å². The summed E-state index contributed by atoms with van der Waals surface area (Å²) >= 11 is 6.91. The van der Waals surface area contributed by atoms with Crippen LogP contribution in [0.5, 0.6) is 11.5 Å². The summed E-state index contributed by atoms with van der Waals surface area (Å²) in [7, 11) is 0. The van der Waals surface area contributed by atoms with Crippen molar-refractivity contribution in [3.05, 3.63) is 83.6 Å². The number of benzene rings is 3. The van der Waals surface area contributed by atoms with Gasteiger partial charge in [0.25, 0.3) is 0 Å². The van der Waals surface area contributed by atoms with Crippen LogP contribution in [0, 0.1) is 0 Å². The van der Waals surface area contributed by atoms with Gasteiger partial charge >= 0.3 is 18.6 Å². The quantitative estimate of drug-likeness (QED) is 0.168. The molecule has 0 saturated carbocycles. The van der Waals surface area contributed by atoms with Gasteiger partial charge in [-0.05, 0) is 48.0 Å². The number of amides is 2. The van der Waals surface area contributed by atoms with Gasteiger partial charge in [-0.2, -0.15) is 18.2 Å². The smallest absolute Gasteiger partial charge is 0.482 e. The maximum atomic E-state index is 12.7. The molecule has 0 N–H and O–H groups in total. The van der Waals surface area contributed by atoms with E-state index in [-0.39, 0.29) is 39.7 Å². The molecule has 0 spiro atoms. The molecule has 0 bridgehead atoms. The van der Waals surface area contributed by atoms with Crippen LogP contribution in [0.1, 0.15) is 5.56 Å². The third-order valence-electron chi connectivity index (χ3n) is 6.16. The second-order valence-electron chi connectivity index (χ2n) is 9.54. The number of carbonyl (C=O) groups excluding carboxylic acids is 2. The monoisotopic (exact) mass is 699 g/mol. The van der Waals surface area contributed by atoms with Gasteiger partial charge in [0.15, 0.2) is 17.6 Å². The van der Waals surface area contributed by atoms with Crippen molar-refractivity contribution in [2.24, 2.45) is 4.99 Å². The minimum atomic E-state index is -4.80. The van der Waals surface area contributed by atoms with E-state index in [4.69, 9.17) is 21.1 Å². The highest BCUT2D eigenvalue weighted by Crippen LogP contribution is 2.37. The Morgan fingerprint density at radius 1 is 1.00 bits per heavy atom. The lowest BCUT2D eigenvalue weighted by Crippen LogP contribution is -2.31. The average molecular weight is 700 g/mol. The zero-order valence-corrected chi connectivity index (χ0v) is 25.2. The van der Waals surface area contributed by atoms with Crippen molar-refractivity contribution in [3.8, 4) is 28.6 Å². The number of nitrogens with zero attached hydrogens (tertiary/aromatic N) is 5. The van der Waals surface area contributed by atoms with E-state index >= 15 is 0 Å². The summed E-state index contributed by atoms with van der Waals surface area (Å²) in [6.45, 7) is -1.68. The standard InChI is InChI=1S/C29H20ClF6N5O5S/c30-19-5-10-23(45-15-28(31,32)33)22(13-19)41-24(42)14-47-26(41)38-27(43)44-12-11-17-1-3-18(4-2-17)25-37-16-40(39-25)20-6-8-21(9-7-20)46-29(34,35)36/h1-10,13,16H,11-12,14-15H2. The Balaban J connectivity index is 1.17. The minimum Gasteiger partial charge on any atom is -0.482 e. The molecule has 47 heavy (non-hydrogen) atoms. The van der Waals surface area contributed by atoms with Gasteiger partial charge in [-0.3, -0.25) is 9.69 Å². The largest absolute Gasteiger partial charge is 0.573 e. The second-order valence-corrected chi connectivity index (χ2v) is 10.9. The fourth-order valence-electron chi connectivity index (χ4n) is 4.14. The highest BCUT2D eigenvalue weighted by atomic mass is 35.5. The highest BCUT2D eigenvalue weighted by molar-refractivity contribution is 8.15. The number of ether oxygens (including phenoxy) is 3. The molecule has 1 aromatic heterocycles. The molecular formula is C29H20ClF6N5O5S. The predicted molar refractivity (Wildman–Crippen MR) is 159 cm³/mol. The lowest BCUT2D eigenvalue weighted by molar-refractivity contribution is -0.274. The van der Waals surface area contributed by atoms with Gasteiger partial charge in [-0.25, -0.2) is 14.5 Å². The summed E-state index contributed by atoms with van der Waals surface area (Å²) in [4.78, 5) is 34.1. The van der Waals surface area contributed by atoms with E-state index < -0.39 is 31.1 Å². The molecular weight excluding hydrogens is 680 g/mol. The first-order chi connectivity index (χ1) is 22.2. The third kappa shape index (κ3) is 9.16. The summed E-state index contributed by atoms with van der Waals surface area (Å²) in [5, 5.41) is 4.36. The zero-order chi connectivity index (χ0) is 33.8. The first-order valence-electron chi connectivity index (χ1n) is 13.3. The van der Waals surface area contributed by atoms with Gasteiger partial charge in [0.1, 0.15) is 17.8 Å². The van der Waals surface area contributed by atoms with Gasteiger partial charge in [-0.15, -0.1) is 18.3 Å². The molecule has 1 aliphatic heterocycles. The Hall–Kier alpha value is -4.77. The second kappa shape index (κ2) is 13.9. The van der Waals surface area contributed by atoms with Crippen LogP contribution in [0.2, 0.25) is 5.02 Å². The topological polar surface area (TPSA) is 108 Å². The summed E-state index contributed by atoms with van der Waals surface area (Å²) in [6, 6.07) is 15.8. The first kappa shape index (κ1) is 33.6. The summed E-state index contributed by atoms with van der Waals surface area (Å²) in [6.07, 6.45) is -8.74. The number of rotatable bonds is 9. The molecule has 5 rings (SSSR count). The molecule has 1 aliphatic rings. The van der Waals surface area contributed by atoms with Crippen molar-refractivity contribution < 1.29 is 50.1 Å². The van der Waals surface area contributed by atoms with Crippen LogP contribution in [0.15, 0.2) is 78.0 Å². The van der Waals surface area contributed by atoms with E-state index in [1.807, 2.05) is 0 Å². The lowest BCUT2D eigenvalue weighted by atomic mass is 10.1. The Labute approximate surface area is 270 Å². The average Bonchev–Trinajstić information content (AvgIpc) is 3.63. The van der Waals surface area contributed by atoms with Crippen LogP contribution >= 0.6 is 23.4 Å². The maximum absolute atomic E-state index is 12.7. The molecule has 2 heterocycles. The van der Waals surface area contributed by atoms with E-state index in [2.05, 4.69) is 19.8 Å². The van der Waals surface area contributed by atoms with Crippen LogP contribution in [0.25, 0.3) is 17.1 Å². The number of aromatic nitrogens is 3. The van der Waals surface area contributed by atoms with Crippen LogP contribution < -0.4 is 14.4 Å². The Kier molecular flexibility index (Phi) is 9.95. The van der Waals surface area contributed by atoms with Crippen LogP contribution in [0.3, 0.4) is 0 Å². The molecule has 0 radical (unpaired) electrons. The van der Waals surface area contributed by atoms with Crippen LogP contribution in [-0.2, 0) is 16.0 Å². The van der Waals surface area contributed by atoms with E-state index in [9.17, 15) is 35.9 Å². The van der Waals surface area contributed by atoms with Crippen LogP contribution in [0.4, 0.5) is 36.8 Å². The number of carbonyl (C=O) groups is 2. The lowest BCUT2D eigenvalue weighted by Gasteiger charge is -2.20. The zero-order valence-electron chi connectivity index (χ0n) is 23.6. The number of anilines is 1. The summed E-state index contributed by atoms with van der Waals surface area (Å²) < 4.78 is 90.7.